The fourth-order valence-corrected chi connectivity index (χ4v) is 3.24. The molecule has 0 aliphatic heterocycles. The van der Waals surface area contributed by atoms with E-state index >= 15 is 0 Å². The fourth-order valence-electron chi connectivity index (χ4n) is 2.91. The van der Waals surface area contributed by atoms with E-state index in [-0.39, 0.29) is 29.5 Å². The summed E-state index contributed by atoms with van der Waals surface area (Å²) in [6.07, 6.45) is 3.00. The van der Waals surface area contributed by atoms with Crippen LogP contribution >= 0.6 is 15.9 Å². The van der Waals surface area contributed by atoms with E-state index in [2.05, 4.69) is 22.0 Å². The second-order valence-corrected chi connectivity index (χ2v) is 6.13. The number of halogens is 1. The number of nitrogens with zero attached hydrogens (tertiary/aromatic N) is 1. The van der Waals surface area contributed by atoms with E-state index in [0.717, 1.165) is 24.6 Å². The van der Waals surface area contributed by atoms with Gasteiger partial charge in [-0.15, -0.1) is 0 Å². The topological polar surface area (TPSA) is 67.2 Å². The van der Waals surface area contributed by atoms with Crippen LogP contribution in [0.1, 0.15) is 39.5 Å². The molecule has 1 fully saturated rings. The molecule has 5 heteroatoms. The molecule has 112 valence electrons. The highest BCUT2D eigenvalue weighted by atomic mass is 79.9. The summed E-state index contributed by atoms with van der Waals surface area (Å²) in [6, 6.07) is 2.12. The van der Waals surface area contributed by atoms with Gasteiger partial charge in [-0.05, 0) is 38.5 Å². The van der Waals surface area contributed by atoms with Crippen LogP contribution in [0.4, 0.5) is 0 Å². The molecule has 1 aliphatic rings. The number of hydrogen-bond acceptors (Lipinski definition) is 4. The summed E-state index contributed by atoms with van der Waals surface area (Å²) >= 11 is 3.36. The fraction of sp³-hybridized carbons (Fsp3) is 0.800. The van der Waals surface area contributed by atoms with Gasteiger partial charge in [0, 0.05) is 11.2 Å². The van der Waals surface area contributed by atoms with E-state index in [1.165, 1.54) is 0 Å². The first-order valence-electron chi connectivity index (χ1n) is 7.22. The normalized spacial score (nSPS) is 27.7. The number of carbonyl (C=O) groups excluding carboxylic acids is 2. The van der Waals surface area contributed by atoms with E-state index in [4.69, 9.17) is 4.74 Å². The molecular formula is C15H22BrNO3. The van der Waals surface area contributed by atoms with Crippen molar-refractivity contribution in [2.75, 3.05) is 11.9 Å². The van der Waals surface area contributed by atoms with Gasteiger partial charge in [0.1, 0.15) is 5.92 Å². The largest absolute Gasteiger partial charge is 0.466 e. The van der Waals surface area contributed by atoms with Gasteiger partial charge in [-0.25, -0.2) is 0 Å². The quantitative estimate of drug-likeness (QED) is 0.549. The molecule has 0 aromatic rings. The molecule has 0 bridgehead atoms. The Kier molecular flexibility index (Phi) is 7.22. The number of ether oxygens (including phenoxy) is 1. The van der Waals surface area contributed by atoms with Gasteiger partial charge < -0.3 is 4.74 Å². The Morgan fingerprint density at radius 2 is 2.25 bits per heavy atom. The first kappa shape index (κ1) is 17.2. The average Bonchev–Trinajstić information content (AvgIpc) is 2.43. The van der Waals surface area contributed by atoms with Crippen LogP contribution in [0.5, 0.6) is 0 Å². The van der Waals surface area contributed by atoms with E-state index in [1.807, 2.05) is 6.92 Å². The van der Waals surface area contributed by atoms with Crippen molar-refractivity contribution in [2.45, 2.75) is 39.5 Å². The van der Waals surface area contributed by atoms with Gasteiger partial charge in [-0.2, -0.15) is 5.26 Å². The summed E-state index contributed by atoms with van der Waals surface area (Å²) in [5.41, 5.74) is 0. The van der Waals surface area contributed by atoms with E-state index in [0.29, 0.717) is 13.0 Å². The lowest BCUT2D eigenvalue weighted by molar-refractivity contribution is -0.152. The van der Waals surface area contributed by atoms with Crippen molar-refractivity contribution in [2.24, 2.45) is 23.7 Å². The predicted molar refractivity (Wildman–Crippen MR) is 79.1 cm³/mol. The standard InChI is InChI=1S/C15H22BrNO3/c1-3-20-15(19)12(5-4-8-16)11-7-6-10(2)14(18)13(11)9-17/h10-13H,3-8H2,1-2H3. The number of ketones is 1. The summed E-state index contributed by atoms with van der Waals surface area (Å²) in [6.45, 7) is 3.97. The maximum Gasteiger partial charge on any atom is 0.309 e. The second kappa shape index (κ2) is 8.41. The lowest BCUT2D eigenvalue weighted by Crippen LogP contribution is -2.40. The summed E-state index contributed by atoms with van der Waals surface area (Å²) in [5, 5.41) is 10.1. The average molecular weight is 344 g/mol. The third-order valence-corrected chi connectivity index (χ3v) is 4.61. The number of Topliss-reactive ketones (excluding diaryl/α,β-unsaturated/α-hetero) is 1. The minimum Gasteiger partial charge on any atom is -0.466 e. The molecule has 0 spiro atoms. The number of nitriles is 1. The molecule has 0 saturated heterocycles. The van der Waals surface area contributed by atoms with E-state index < -0.39 is 5.92 Å². The molecule has 4 unspecified atom stereocenters. The Labute approximate surface area is 129 Å². The summed E-state index contributed by atoms with van der Waals surface area (Å²) < 4.78 is 5.13. The van der Waals surface area contributed by atoms with Crippen LogP contribution in [0.25, 0.3) is 0 Å². The van der Waals surface area contributed by atoms with Gasteiger partial charge >= 0.3 is 5.97 Å². The molecule has 0 amide bonds. The Morgan fingerprint density at radius 3 is 2.80 bits per heavy atom. The van der Waals surface area contributed by atoms with Crippen molar-refractivity contribution in [1.29, 1.82) is 5.26 Å². The first-order valence-corrected chi connectivity index (χ1v) is 8.34. The molecule has 0 aromatic heterocycles. The minimum atomic E-state index is -0.663. The Morgan fingerprint density at radius 1 is 1.55 bits per heavy atom. The highest BCUT2D eigenvalue weighted by Gasteiger charge is 2.42. The molecule has 1 saturated carbocycles. The van der Waals surface area contributed by atoms with Gasteiger partial charge in [-0.1, -0.05) is 22.9 Å². The molecule has 4 nitrogen and oxygen atoms in total. The maximum absolute atomic E-state index is 12.1. The molecule has 1 rings (SSSR count). The SMILES string of the molecule is CCOC(=O)C(CCCBr)C1CCC(C)C(=O)C1C#N. The first-order chi connectivity index (χ1) is 9.56. The van der Waals surface area contributed by atoms with Gasteiger partial charge in [0.25, 0.3) is 0 Å². The summed E-state index contributed by atoms with van der Waals surface area (Å²) in [5.74, 6) is -1.55. The van der Waals surface area contributed by atoms with Gasteiger partial charge in [0.05, 0.1) is 18.6 Å². The zero-order valence-electron chi connectivity index (χ0n) is 12.1. The summed E-state index contributed by atoms with van der Waals surface area (Å²) in [7, 11) is 0. The molecule has 1 aliphatic carbocycles. The van der Waals surface area contributed by atoms with Crippen LogP contribution in [0.3, 0.4) is 0 Å². The van der Waals surface area contributed by atoms with Crippen molar-refractivity contribution in [3.8, 4) is 6.07 Å². The summed E-state index contributed by atoms with van der Waals surface area (Å²) in [4.78, 5) is 24.3. The maximum atomic E-state index is 12.1. The van der Waals surface area contributed by atoms with E-state index in [1.54, 1.807) is 6.92 Å². The third-order valence-electron chi connectivity index (χ3n) is 4.05. The molecule has 0 N–H and O–H groups in total. The monoisotopic (exact) mass is 343 g/mol. The van der Waals surface area contributed by atoms with Crippen molar-refractivity contribution in [3.05, 3.63) is 0 Å². The zero-order chi connectivity index (χ0) is 15.1. The van der Waals surface area contributed by atoms with Crippen LogP contribution in [0, 0.1) is 35.0 Å². The Hall–Kier alpha value is -0.890. The van der Waals surface area contributed by atoms with Crippen LogP contribution in [-0.4, -0.2) is 23.7 Å². The van der Waals surface area contributed by atoms with Crippen molar-refractivity contribution in [1.82, 2.24) is 0 Å². The second-order valence-electron chi connectivity index (χ2n) is 5.34. The number of alkyl halides is 1. The number of rotatable bonds is 6. The third kappa shape index (κ3) is 4.05. The molecule has 0 heterocycles. The van der Waals surface area contributed by atoms with Crippen molar-refractivity contribution < 1.29 is 14.3 Å². The van der Waals surface area contributed by atoms with Crippen molar-refractivity contribution >= 4 is 27.7 Å². The van der Waals surface area contributed by atoms with Gasteiger partial charge in [0.15, 0.2) is 5.78 Å². The van der Waals surface area contributed by atoms with Gasteiger partial charge in [0.2, 0.25) is 0 Å². The number of hydrogen-bond donors (Lipinski definition) is 0. The highest BCUT2D eigenvalue weighted by Crippen LogP contribution is 2.38. The molecule has 20 heavy (non-hydrogen) atoms. The van der Waals surface area contributed by atoms with Crippen molar-refractivity contribution in [3.63, 3.8) is 0 Å². The molecule has 0 radical (unpaired) electrons. The van der Waals surface area contributed by atoms with Gasteiger partial charge in [-0.3, -0.25) is 9.59 Å². The smallest absolute Gasteiger partial charge is 0.309 e. The molecule has 4 atom stereocenters. The minimum absolute atomic E-state index is 0.0168. The lowest BCUT2D eigenvalue weighted by Gasteiger charge is -2.34. The van der Waals surface area contributed by atoms with Crippen LogP contribution in [0.2, 0.25) is 0 Å². The van der Waals surface area contributed by atoms with Crippen LogP contribution in [-0.2, 0) is 14.3 Å². The molecular weight excluding hydrogens is 322 g/mol. The predicted octanol–water partition coefficient (Wildman–Crippen LogP) is 3.10. The molecule has 0 aromatic carbocycles. The number of carbonyl (C=O) groups is 2. The van der Waals surface area contributed by atoms with Crippen LogP contribution in [0.15, 0.2) is 0 Å². The number of esters is 1. The lowest BCUT2D eigenvalue weighted by atomic mass is 9.68. The Bertz CT molecular complexity index is 391. The zero-order valence-corrected chi connectivity index (χ0v) is 13.7. The van der Waals surface area contributed by atoms with Crippen LogP contribution < -0.4 is 0 Å². The Balaban J connectivity index is 2.90. The van der Waals surface area contributed by atoms with E-state index in [9.17, 15) is 14.9 Å². The highest BCUT2D eigenvalue weighted by molar-refractivity contribution is 9.09.